The minimum atomic E-state index is -5.25. The highest BCUT2D eigenvalue weighted by Crippen LogP contribution is 2.27. The predicted octanol–water partition coefficient (Wildman–Crippen LogP) is 3.12. The van der Waals surface area contributed by atoms with Crippen molar-refractivity contribution < 1.29 is 40.7 Å². The van der Waals surface area contributed by atoms with Crippen molar-refractivity contribution in [3.05, 3.63) is 29.8 Å². The molecule has 2 N–H and O–H groups in total. The van der Waals surface area contributed by atoms with Crippen LogP contribution in [0.1, 0.15) is 25.5 Å². The Bertz CT molecular complexity index is 656. The maximum atomic E-state index is 12.7. The number of carbonyl (C=O) groups is 2. The van der Waals surface area contributed by atoms with Gasteiger partial charge >= 0.3 is 24.2 Å². The summed E-state index contributed by atoms with van der Waals surface area (Å²) in [6.07, 6.45) is -10.5. The standard InChI is InChI=1S/C16H18F6N2O3/c1-8(2)11(23-13(25)15(17,18)19)12(24-14(26)16(20,21)22)9-4-6-10(27-3)7-5-9/h4-8,11-12H,1-3H3,(H,23,25)(H,24,26)/t11-,12+/m0/s1. The van der Waals surface area contributed by atoms with Crippen LogP contribution in [0.5, 0.6) is 5.75 Å². The molecule has 0 aliphatic carbocycles. The lowest BCUT2D eigenvalue weighted by molar-refractivity contribution is -0.177. The smallest absolute Gasteiger partial charge is 0.471 e. The Morgan fingerprint density at radius 1 is 0.889 bits per heavy atom. The molecule has 1 rings (SSSR count). The highest BCUT2D eigenvalue weighted by molar-refractivity contribution is 5.83. The van der Waals surface area contributed by atoms with E-state index in [4.69, 9.17) is 4.74 Å². The fourth-order valence-corrected chi connectivity index (χ4v) is 2.28. The minimum absolute atomic E-state index is 0.0644. The Balaban J connectivity index is 3.29. The molecule has 0 unspecified atom stereocenters. The van der Waals surface area contributed by atoms with Gasteiger partial charge in [0, 0.05) is 0 Å². The number of methoxy groups -OCH3 is 1. The third-order valence-electron chi connectivity index (χ3n) is 3.65. The Kier molecular flexibility index (Phi) is 7.10. The number of alkyl halides is 6. The molecule has 0 spiro atoms. The summed E-state index contributed by atoms with van der Waals surface area (Å²) in [5.74, 6) is -5.05. The van der Waals surface area contributed by atoms with Crippen LogP contribution < -0.4 is 15.4 Å². The summed E-state index contributed by atoms with van der Waals surface area (Å²) in [7, 11) is 1.35. The van der Waals surface area contributed by atoms with Crippen LogP contribution in [-0.2, 0) is 9.59 Å². The van der Waals surface area contributed by atoms with Crippen molar-refractivity contribution in [1.82, 2.24) is 10.6 Å². The van der Waals surface area contributed by atoms with Gasteiger partial charge < -0.3 is 15.4 Å². The summed E-state index contributed by atoms with van der Waals surface area (Å²) < 4.78 is 80.7. The van der Waals surface area contributed by atoms with Gasteiger partial charge in [-0.1, -0.05) is 26.0 Å². The summed E-state index contributed by atoms with van der Waals surface area (Å²) in [6.45, 7) is 2.80. The van der Waals surface area contributed by atoms with Gasteiger partial charge in [0.15, 0.2) is 0 Å². The van der Waals surface area contributed by atoms with Crippen LogP contribution in [0.3, 0.4) is 0 Å². The Hall–Kier alpha value is -2.46. The van der Waals surface area contributed by atoms with Crippen molar-refractivity contribution in [1.29, 1.82) is 0 Å². The van der Waals surface area contributed by atoms with Gasteiger partial charge in [-0.2, -0.15) is 26.3 Å². The van der Waals surface area contributed by atoms with E-state index >= 15 is 0 Å². The van der Waals surface area contributed by atoms with Crippen LogP contribution in [0.4, 0.5) is 26.3 Å². The summed E-state index contributed by atoms with van der Waals surface area (Å²) in [5, 5.41) is 3.33. The third kappa shape index (κ3) is 6.33. The van der Waals surface area contributed by atoms with E-state index in [1.54, 1.807) is 10.6 Å². The first kappa shape index (κ1) is 22.6. The lowest BCUT2D eigenvalue weighted by atomic mass is 9.90. The van der Waals surface area contributed by atoms with Crippen molar-refractivity contribution in [2.24, 2.45) is 5.92 Å². The fraction of sp³-hybridized carbons (Fsp3) is 0.500. The van der Waals surface area contributed by atoms with Crippen molar-refractivity contribution in [3.8, 4) is 5.75 Å². The molecule has 0 heterocycles. The highest BCUT2D eigenvalue weighted by Gasteiger charge is 2.44. The van der Waals surface area contributed by atoms with Crippen LogP contribution in [-0.4, -0.2) is 37.3 Å². The summed E-state index contributed by atoms with van der Waals surface area (Å²) in [4.78, 5) is 22.7. The molecule has 0 fully saturated rings. The van der Waals surface area contributed by atoms with E-state index in [2.05, 4.69) is 0 Å². The number of carbonyl (C=O) groups excluding carboxylic acids is 2. The molecule has 0 saturated heterocycles. The average Bonchev–Trinajstić information content (AvgIpc) is 2.55. The molecule has 27 heavy (non-hydrogen) atoms. The average molecular weight is 400 g/mol. The molecule has 1 aromatic rings. The lowest BCUT2D eigenvalue weighted by Gasteiger charge is -2.32. The van der Waals surface area contributed by atoms with Gasteiger partial charge in [-0.3, -0.25) is 9.59 Å². The van der Waals surface area contributed by atoms with Crippen molar-refractivity contribution >= 4 is 11.8 Å². The topological polar surface area (TPSA) is 67.4 Å². The first-order valence-electron chi connectivity index (χ1n) is 7.66. The van der Waals surface area contributed by atoms with Crippen molar-refractivity contribution in [2.45, 2.75) is 38.3 Å². The van der Waals surface area contributed by atoms with Gasteiger partial charge in [-0.15, -0.1) is 0 Å². The Morgan fingerprint density at radius 2 is 1.33 bits per heavy atom. The van der Waals surface area contributed by atoms with Crippen LogP contribution in [0, 0.1) is 5.92 Å². The van der Waals surface area contributed by atoms with E-state index in [-0.39, 0.29) is 5.56 Å². The summed E-state index contributed by atoms with van der Waals surface area (Å²) in [5.41, 5.74) is 0.0644. The van der Waals surface area contributed by atoms with E-state index in [0.29, 0.717) is 5.75 Å². The molecule has 0 saturated carbocycles. The predicted molar refractivity (Wildman–Crippen MR) is 82.8 cm³/mol. The first-order valence-corrected chi connectivity index (χ1v) is 7.66. The maximum absolute atomic E-state index is 12.7. The number of rotatable bonds is 6. The van der Waals surface area contributed by atoms with E-state index in [1.165, 1.54) is 45.2 Å². The van der Waals surface area contributed by atoms with E-state index in [9.17, 15) is 35.9 Å². The molecule has 0 bridgehead atoms. The summed E-state index contributed by atoms with van der Waals surface area (Å²) in [6, 6.07) is 2.29. The molecule has 0 aliphatic heterocycles. The molecular weight excluding hydrogens is 382 g/mol. The number of amides is 2. The number of hydrogen-bond donors (Lipinski definition) is 2. The van der Waals surface area contributed by atoms with Gasteiger partial charge in [-0.05, 0) is 23.6 Å². The second-order valence-electron chi connectivity index (χ2n) is 5.96. The fourth-order valence-electron chi connectivity index (χ4n) is 2.28. The zero-order chi connectivity index (χ0) is 21.0. The molecule has 2 amide bonds. The largest absolute Gasteiger partial charge is 0.497 e. The number of nitrogens with one attached hydrogen (secondary N) is 2. The zero-order valence-electron chi connectivity index (χ0n) is 14.5. The van der Waals surface area contributed by atoms with Gasteiger partial charge in [0.05, 0.1) is 19.2 Å². The maximum Gasteiger partial charge on any atom is 0.471 e. The molecule has 0 aromatic heterocycles. The lowest BCUT2D eigenvalue weighted by Crippen LogP contribution is -2.53. The molecule has 2 atom stereocenters. The van der Waals surface area contributed by atoms with Gasteiger partial charge in [0.2, 0.25) is 0 Å². The Labute approximate surface area is 151 Å². The van der Waals surface area contributed by atoms with Crippen LogP contribution in [0.15, 0.2) is 24.3 Å². The minimum Gasteiger partial charge on any atom is -0.497 e. The monoisotopic (exact) mass is 400 g/mol. The highest BCUT2D eigenvalue weighted by atomic mass is 19.4. The molecular formula is C16H18F6N2O3. The SMILES string of the molecule is COc1ccc([C@@H](NC(=O)C(F)(F)F)[C@@H](NC(=O)C(F)(F)F)C(C)C)cc1. The third-order valence-corrected chi connectivity index (χ3v) is 3.65. The molecule has 0 aliphatic rings. The molecule has 1 aromatic carbocycles. The molecule has 11 heteroatoms. The van der Waals surface area contributed by atoms with E-state index in [0.717, 1.165) is 0 Å². The Morgan fingerprint density at radius 3 is 1.70 bits per heavy atom. The van der Waals surface area contributed by atoms with Crippen LogP contribution in [0.2, 0.25) is 0 Å². The second-order valence-corrected chi connectivity index (χ2v) is 5.96. The molecule has 5 nitrogen and oxygen atoms in total. The van der Waals surface area contributed by atoms with Gasteiger partial charge in [0.1, 0.15) is 5.75 Å². The summed E-state index contributed by atoms with van der Waals surface area (Å²) >= 11 is 0. The number of ether oxygens (including phenoxy) is 1. The van der Waals surface area contributed by atoms with Gasteiger partial charge in [0.25, 0.3) is 0 Å². The van der Waals surface area contributed by atoms with E-state index < -0.39 is 42.2 Å². The molecule has 152 valence electrons. The van der Waals surface area contributed by atoms with Crippen LogP contribution in [0.25, 0.3) is 0 Å². The normalized spacial score (nSPS) is 14.4. The number of benzene rings is 1. The number of hydrogen-bond acceptors (Lipinski definition) is 3. The van der Waals surface area contributed by atoms with Crippen LogP contribution >= 0.6 is 0 Å². The van der Waals surface area contributed by atoms with E-state index in [1.807, 2.05) is 0 Å². The zero-order valence-corrected chi connectivity index (χ0v) is 14.5. The van der Waals surface area contributed by atoms with Gasteiger partial charge in [-0.25, -0.2) is 0 Å². The number of halogens is 6. The van der Waals surface area contributed by atoms with Crippen molar-refractivity contribution in [3.63, 3.8) is 0 Å². The quantitative estimate of drug-likeness (QED) is 0.722. The second kappa shape index (κ2) is 8.49. The molecule has 0 radical (unpaired) electrons. The first-order chi connectivity index (χ1) is 12.3. The van der Waals surface area contributed by atoms with Crippen molar-refractivity contribution in [2.75, 3.05) is 7.11 Å².